The molecule has 0 radical (unpaired) electrons. The van der Waals surface area contributed by atoms with Crippen LogP contribution in [0.5, 0.6) is 0 Å². The normalized spacial score (nSPS) is 17.4. The van der Waals surface area contributed by atoms with Crippen LogP contribution in [0, 0.1) is 13.8 Å². The highest BCUT2D eigenvalue weighted by atomic mass is 16.5. The minimum Gasteiger partial charge on any atom is -0.465 e. The van der Waals surface area contributed by atoms with Gasteiger partial charge in [0, 0.05) is 26.4 Å². The maximum absolute atomic E-state index is 11.4. The van der Waals surface area contributed by atoms with Gasteiger partial charge in [0.1, 0.15) is 0 Å². The number of rotatable bonds is 4. The van der Waals surface area contributed by atoms with E-state index < -0.39 is 0 Å². The van der Waals surface area contributed by atoms with Gasteiger partial charge in [-0.3, -0.25) is 0 Å². The molecule has 4 rings (SSSR count). The number of hydrogen-bond donors (Lipinski definition) is 1. The van der Waals surface area contributed by atoms with Gasteiger partial charge in [-0.2, -0.15) is 0 Å². The van der Waals surface area contributed by atoms with Crippen LogP contribution >= 0.6 is 0 Å². The van der Waals surface area contributed by atoms with Gasteiger partial charge < -0.3 is 19.3 Å². The van der Waals surface area contributed by atoms with Gasteiger partial charge in [0.25, 0.3) is 0 Å². The first kappa shape index (κ1) is 24.4. The molecule has 32 heavy (non-hydrogen) atoms. The van der Waals surface area contributed by atoms with Crippen LogP contribution in [-0.4, -0.2) is 44.6 Å². The standard InChI is InChI=1S/C14H18O3.C13H18O2/c1-10-9-12(14(15)16-2)3-4-13(10)11-5-7-17-8-6-11;1-10-8-11(9-14)2-3-13(10)12-4-6-15-7-5-12/h3-4,9,11H,5-8H2,1-2H3;2-3,8,12,14H,4-7,9H2,1H3. The van der Waals surface area contributed by atoms with E-state index in [1.165, 1.54) is 29.4 Å². The lowest BCUT2D eigenvalue weighted by Gasteiger charge is -2.24. The fraction of sp³-hybridized carbons (Fsp3) is 0.519. The van der Waals surface area contributed by atoms with Crippen molar-refractivity contribution in [2.24, 2.45) is 0 Å². The second-order valence-corrected chi connectivity index (χ2v) is 8.69. The number of hydrogen-bond acceptors (Lipinski definition) is 5. The Kier molecular flexibility index (Phi) is 9.27. The van der Waals surface area contributed by atoms with E-state index in [1.54, 1.807) is 0 Å². The molecule has 0 saturated carbocycles. The second-order valence-electron chi connectivity index (χ2n) is 8.69. The Morgan fingerprint density at radius 2 is 1.38 bits per heavy atom. The topological polar surface area (TPSA) is 65.0 Å². The van der Waals surface area contributed by atoms with Gasteiger partial charge in [0.05, 0.1) is 19.3 Å². The summed E-state index contributed by atoms with van der Waals surface area (Å²) in [5.74, 6) is 0.938. The molecule has 2 aromatic rings. The highest BCUT2D eigenvalue weighted by Gasteiger charge is 2.19. The molecule has 2 aliphatic heterocycles. The van der Waals surface area contributed by atoms with Crippen LogP contribution < -0.4 is 0 Å². The molecule has 0 unspecified atom stereocenters. The van der Waals surface area contributed by atoms with Crippen molar-refractivity contribution < 1.29 is 24.1 Å². The lowest BCUT2D eigenvalue weighted by molar-refractivity contribution is 0.0600. The van der Waals surface area contributed by atoms with E-state index in [9.17, 15) is 4.79 Å². The molecule has 1 N–H and O–H groups in total. The molecule has 174 valence electrons. The first-order valence-corrected chi connectivity index (χ1v) is 11.6. The Morgan fingerprint density at radius 1 is 0.875 bits per heavy atom. The summed E-state index contributed by atoms with van der Waals surface area (Å²) in [6, 6.07) is 12.1. The maximum Gasteiger partial charge on any atom is 0.337 e. The molecule has 2 aliphatic rings. The average Bonchev–Trinajstić information content (AvgIpc) is 2.84. The highest BCUT2D eigenvalue weighted by Crippen LogP contribution is 2.30. The molecule has 0 aliphatic carbocycles. The molecule has 0 atom stereocenters. The van der Waals surface area contributed by atoms with Crippen LogP contribution in [0.3, 0.4) is 0 Å². The number of esters is 1. The van der Waals surface area contributed by atoms with Gasteiger partial charge >= 0.3 is 5.97 Å². The zero-order valence-electron chi connectivity index (χ0n) is 19.6. The molecular formula is C27H36O5. The van der Waals surface area contributed by atoms with Gasteiger partial charge in [-0.25, -0.2) is 4.79 Å². The Hall–Kier alpha value is -2.21. The quantitative estimate of drug-likeness (QED) is 0.674. The van der Waals surface area contributed by atoms with Crippen LogP contribution in [0.2, 0.25) is 0 Å². The third-order valence-electron chi connectivity index (χ3n) is 6.53. The second kappa shape index (κ2) is 12.1. The van der Waals surface area contributed by atoms with E-state index in [4.69, 9.17) is 19.3 Å². The maximum atomic E-state index is 11.4. The van der Waals surface area contributed by atoms with E-state index in [1.807, 2.05) is 18.2 Å². The van der Waals surface area contributed by atoms with Crippen molar-refractivity contribution in [2.75, 3.05) is 33.5 Å². The van der Waals surface area contributed by atoms with Crippen LogP contribution in [-0.2, 0) is 20.8 Å². The predicted octanol–water partition coefficient (Wildman–Crippen LogP) is 5.06. The molecule has 5 heteroatoms. The van der Waals surface area contributed by atoms with Gasteiger partial charge in [-0.05, 0) is 91.3 Å². The molecule has 2 fully saturated rings. The van der Waals surface area contributed by atoms with Crippen molar-refractivity contribution >= 4 is 5.97 Å². The van der Waals surface area contributed by atoms with E-state index in [0.29, 0.717) is 17.4 Å². The SMILES string of the molecule is COC(=O)c1ccc(C2CCOCC2)c(C)c1.Cc1cc(CO)ccc1C1CCOCC1. The lowest BCUT2D eigenvalue weighted by Crippen LogP contribution is -2.15. The monoisotopic (exact) mass is 440 g/mol. The summed E-state index contributed by atoms with van der Waals surface area (Å²) in [6.07, 6.45) is 4.38. The summed E-state index contributed by atoms with van der Waals surface area (Å²) in [4.78, 5) is 11.4. The molecule has 0 bridgehead atoms. The van der Waals surface area contributed by atoms with E-state index in [2.05, 4.69) is 32.0 Å². The molecule has 2 saturated heterocycles. The minimum absolute atomic E-state index is 0.134. The highest BCUT2D eigenvalue weighted by molar-refractivity contribution is 5.89. The van der Waals surface area contributed by atoms with Crippen LogP contribution in [0.4, 0.5) is 0 Å². The summed E-state index contributed by atoms with van der Waals surface area (Å²) in [5.41, 5.74) is 6.86. The average molecular weight is 441 g/mol. The number of carbonyl (C=O) groups excluding carboxylic acids is 1. The summed E-state index contributed by atoms with van der Waals surface area (Å²) in [7, 11) is 1.41. The molecular weight excluding hydrogens is 404 g/mol. The summed E-state index contributed by atoms with van der Waals surface area (Å²) in [6.45, 7) is 7.75. The van der Waals surface area contributed by atoms with E-state index >= 15 is 0 Å². The van der Waals surface area contributed by atoms with Crippen molar-refractivity contribution in [3.05, 3.63) is 69.8 Å². The first-order valence-electron chi connectivity index (χ1n) is 11.6. The zero-order valence-corrected chi connectivity index (χ0v) is 19.6. The third kappa shape index (κ3) is 6.41. The van der Waals surface area contributed by atoms with Crippen LogP contribution in [0.1, 0.15) is 75.7 Å². The minimum atomic E-state index is -0.272. The van der Waals surface area contributed by atoms with Crippen molar-refractivity contribution in [2.45, 2.75) is 58.0 Å². The largest absolute Gasteiger partial charge is 0.465 e. The number of aliphatic hydroxyl groups is 1. The van der Waals surface area contributed by atoms with Crippen molar-refractivity contribution in [3.8, 4) is 0 Å². The number of aliphatic hydroxyl groups excluding tert-OH is 1. The van der Waals surface area contributed by atoms with Crippen molar-refractivity contribution in [3.63, 3.8) is 0 Å². The number of methoxy groups -OCH3 is 1. The number of aryl methyl sites for hydroxylation is 2. The number of ether oxygens (including phenoxy) is 3. The van der Waals surface area contributed by atoms with Gasteiger partial charge in [0.15, 0.2) is 0 Å². The Labute approximate surface area is 191 Å². The smallest absolute Gasteiger partial charge is 0.337 e. The predicted molar refractivity (Wildman–Crippen MR) is 125 cm³/mol. The molecule has 0 spiro atoms. The summed E-state index contributed by atoms with van der Waals surface area (Å²) >= 11 is 0. The van der Waals surface area contributed by atoms with Crippen molar-refractivity contribution in [1.29, 1.82) is 0 Å². The fourth-order valence-corrected chi connectivity index (χ4v) is 4.69. The summed E-state index contributed by atoms with van der Waals surface area (Å²) < 4.78 is 15.4. The van der Waals surface area contributed by atoms with E-state index in [0.717, 1.165) is 57.7 Å². The fourth-order valence-electron chi connectivity index (χ4n) is 4.69. The van der Waals surface area contributed by atoms with Crippen LogP contribution in [0.15, 0.2) is 36.4 Å². The summed E-state index contributed by atoms with van der Waals surface area (Å²) in [5, 5.41) is 9.04. The molecule has 0 amide bonds. The zero-order chi connectivity index (χ0) is 22.9. The Morgan fingerprint density at radius 3 is 1.81 bits per heavy atom. The molecule has 2 aromatic carbocycles. The molecule has 0 aromatic heterocycles. The first-order chi connectivity index (χ1) is 15.5. The van der Waals surface area contributed by atoms with Crippen LogP contribution in [0.25, 0.3) is 0 Å². The Bertz CT molecular complexity index is 880. The van der Waals surface area contributed by atoms with E-state index in [-0.39, 0.29) is 12.6 Å². The van der Waals surface area contributed by atoms with Crippen molar-refractivity contribution in [1.82, 2.24) is 0 Å². The number of carbonyl (C=O) groups is 1. The van der Waals surface area contributed by atoms with Gasteiger partial charge in [-0.15, -0.1) is 0 Å². The molecule has 5 nitrogen and oxygen atoms in total. The number of benzene rings is 2. The third-order valence-corrected chi connectivity index (χ3v) is 6.53. The molecule has 2 heterocycles. The van der Waals surface area contributed by atoms with Gasteiger partial charge in [-0.1, -0.05) is 24.3 Å². The van der Waals surface area contributed by atoms with Gasteiger partial charge in [0.2, 0.25) is 0 Å². The lowest BCUT2D eigenvalue weighted by atomic mass is 9.88. The Balaban J connectivity index is 0.000000182.